The average molecular weight is 779 g/mol. The summed E-state index contributed by atoms with van der Waals surface area (Å²) in [6.07, 6.45) is 16.6. The molecule has 300 valence electrons. The van der Waals surface area contributed by atoms with Crippen LogP contribution in [0.25, 0.3) is 0 Å². The van der Waals surface area contributed by atoms with Gasteiger partial charge in [-0.05, 0) is 49.0 Å². The maximum atomic E-state index is 13.7. The number of rotatable bonds is 16. The molecule has 4 aliphatic heterocycles. The van der Waals surface area contributed by atoms with E-state index in [4.69, 9.17) is 24.7 Å². The van der Waals surface area contributed by atoms with Crippen LogP contribution in [0.5, 0.6) is 23.0 Å². The number of primary amides is 1. The van der Waals surface area contributed by atoms with E-state index in [9.17, 15) is 19.2 Å². The zero-order valence-electron chi connectivity index (χ0n) is 33.2. The second-order valence-corrected chi connectivity index (χ2v) is 14.6. The number of allylic oxidation sites excluding steroid dienone is 3. The van der Waals surface area contributed by atoms with Crippen LogP contribution in [0.15, 0.2) is 82.1 Å². The van der Waals surface area contributed by atoms with Gasteiger partial charge in [0.05, 0.1) is 67.9 Å². The Morgan fingerprint density at radius 2 is 1.33 bits per heavy atom. The van der Waals surface area contributed by atoms with Gasteiger partial charge in [0.2, 0.25) is 11.8 Å². The van der Waals surface area contributed by atoms with E-state index < -0.39 is 17.7 Å². The van der Waals surface area contributed by atoms with Crippen molar-refractivity contribution in [2.24, 2.45) is 33.5 Å². The number of fused-ring (bicyclic) bond motifs is 4. The van der Waals surface area contributed by atoms with Crippen LogP contribution >= 0.6 is 0 Å². The minimum atomic E-state index is -0.553. The number of methoxy groups -OCH3 is 2. The first kappa shape index (κ1) is 40.5. The van der Waals surface area contributed by atoms with Crippen LogP contribution in [0.1, 0.15) is 67.7 Å². The van der Waals surface area contributed by atoms with Gasteiger partial charge in [-0.1, -0.05) is 45.1 Å². The van der Waals surface area contributed by atoms with Gasteiger partial charge in [0, 0.05) is 55.8 Å². The third-order valence-corrected chi connectivity index (χ3v) is 10.4. The highest BCUT2D eigenvalue weighted by atomic mass is 16.5. The molecule has 57 heavy (non-hydrogen) atoms. The third-order valence-electron chi connectivity index (χ3n) is 10.4. The number of carbonyl (C=O) groups excluding carboxylic acids is 4. The predicted octanol–water partition coefficient (Wildman–Crippen LogP) is 5.82. The summed E-state index contributed by atoms with van der Waals surface area (Å²) in [6, 6.07) is 6.31. The van der Waals surface area contributed by atoms with Crippen LogP contribution in [0, 0.1) is 17.8 Å². The summed E-state index contributed by atoms with van der Waals surface area (Å²) in [7, 11) is 3.04. The lowest BCUT2D eigenvalue weighted by Crippen LogP contribution is -2.41. The Bertz CT molecular complexity index is 2100. The molecule has 4 atom stereocenters. The lowest BCUT2D eigenvalue weighted by Gasteiger charge is -2.23. The molecule has 14 heteroatoms. The van der Waals surface area contributed by atoms with Gasteiger partial charge in [-0.2, -0.15) is 0 Å². The fourth-order valence-corrected chi connectivity index (χ4v) is 7.52. The SMILES string of the molecule is C/C=C/C1=CN2C(=O)c3cc(OC)c(OCCCOc4cc5c(cc4OC)C(=O)N4C=C(/C=C/CNC(=O)[C@@H](C)C(C(N)=O)C(C)C)C[C@H]4C=N5)cc3N=C[C@@H]2C1. The van der Waals surface area contributed by atoms with E-state index >= 15 is 0 Å². The third kappa shape index (κ3) is 8.79. The highest BCUT2D eigenvalue weighted by molar-refractivity contribution is 6.05. The first-order valence-corrected chi connectivity index (χ1v) is 19.1. The number of aliphatic imine (C=N–C) groups is 2. The van der Waals surface area contributed by atoms with Crippen molar-refractivity contribution >= 4 is 47.4 Å². The van der Waals surface area contributed by atoms with Crippen LogP contribution in [0.4, 0.5) is 11.4 Å². The zero-order chi connectivity index (χ0) is 40.8. The van der Waals surface area contributed by atoms with Crippen molar-refractivity contribution in [2.75, 3.05) is 34.0 Å². The number of ether oxygens (including phenoxy) is 4. The second kappa shape index (κ2) is 17.7. The van der Waals surface area contributed by atoms with E-state index in [1.165, 1.54) is 14.2 Å². The van der Waals surface area contributed by atoms with Gasteiger partial charge in [0.1, 0.15) is 0 Å². The Balaban J connectivity index is 1.04. The quantitative estimate of drug-likeness (QED) is 0.201. The molecule has 0 aromatic heterocycles. The van der Waals surface area contributed by atoms with Gasteiger partial charge >= 0.3 is 0 Å². The summed E-state index contributed by atoms with van der Waals surface area (Å²) in [5.74, 6) is -0.529. The number of nitrogens with one attached hydrogen (secondary N) is 1. The lowest BCUT2D eigenvalue weighted by atomic mass is 9.83. The van der Waals surface area contributed by atoms with Crippen molar-refractivity contribution < 1.29 is 38.1 Å². The summed E-state index contributed by atoms with van der Waals surface area (Å²) in [6.45, 7) is 8.23. The Labute approximate surface area is 332 Å². The Hall–Kier alpha value is -6.18. The van der Waals surface area contributed by atoms with Crippen LogP contribution in [0.2, 0.25) is 0 Å². The van der Waals surface area contributed by atoms with Crippen molar-refractivity contribution in [3.8, 4) is 23.0 Å². The molecule has 6 rings (SSSR count). The van der Waals surface area contributed by atoms with Gasteiger partial charge in [0.25, 0.3) is 11.8 Å². The molecule has 4 heterocycles. The van der Waals surface area contributed by atoms with E-state index in [2.05, 4.69) is 15.3 Å². The molecule has 0 aliphatic carbocycles. The fourth-order valence-electron chi connectivity index (χ4n) is 7.52. The molecule has 2 aromatic rings. The molecule has 0 radical (unpaired) electrons. The van der Waals surface area contributed by atoms with Gasteiger partial charge < -0.3 is 39.8 Å². The predicted molar refractivity (Wildman–Crippen MR) is 217 cm³/mol. The summed E-state index contributed by atoms with van der Waals surface area (Å²) in [4.78, 5) is 64.3. The van der Waals surface area contributed by atoms with E-state index in [1.807, 2.05) is 51.3 Å². The van der Waals surface area contributed by atoms with Crippen LogP contribution in [0.3, 0.4) is 0 Å². The first-order chi connectivity index (χ1) is 27.4. The fraction of sp³-hybridized carbons (Fsp3) is 0.395. The molecule has 4 aliphatic rings. The summed E-state index contributed by atoms with van der Waals surface area (Å²) < 4.78 is 23.4. The van der Waals surface area contributed by atoms with Crippen molar-refractivity contribution in [1.82, 2.24) is 15.1 Å². The molecular weight excluding hydrogens is 729 g/mol. The van der Waals surface area contributed by atoms with Crippen molar-refractivity contribution in [1.29, 1.82) is 0 Å². The summed E-state index contributed by atoms with van der Waals surface area (Å²) in [5.41, 5.74) is 9.30. The number of carbonyl (C=O) groups is 4. The molecule has 3 N–H and O–H groups in total. The van der Waals surface area contributed by atoms with Gasteiger partial charge in [-0.3, -0.25) is 29.2 Å². The first-order valence-electron chi connectivity index (χ1n) is 19.1. The molecule has 0 spiro atoms. The number of amides is 4. The van der Waals surface area contributed by atoms with Crippen LogP contribution in [-0.4, -0.2) is 91.9 Å². The molecule has 2 aromatic carbocycles. The Morgan fingerprint density at radius 3 is 1.79 bits per heavy atom. The molecule has 0 saturated heterocycles. The van der Waals surface area contributed by atoms with E-state index in [0.717, 1.165) is 11.1 Å². The highest BCUT2D eigenvalue weighted by Gasteiger charge is 2.34. The standard InChI is InChI=1S/C43H50N6O8/c1-7-10-27-15-29-21-46-33-19-37(35(54-5)17-31(33)42(52)48(29)23-27)56-13-9-14-57-38-20-34-32(18-36(38)55-6)43(53)49-24-28(16-30(49)22-47-34)11-8-12-45-41(51)26(4)39(25(2)3)40(44)50/h7-8,10-11,17-26,29-30,39H,9,12-16H2,1-6H3,(H2,44,50)(H,45,51)/b10-7+,11-8+/t26-,29-,30-,39?/m0/s1. The largest absolute Gasteiger partial charge is 0.493 e. The molecular formula is C43H50N6O8. The summed E-state index contributed by atoms with van der Waals surface area (Å²) in [5, 5.41) is 2.84. The molecule has 0 bridgehead atoms. The van der Waals surface area contributed by atoms with Gasteiger partial charge in [-0.25, -0.2) is 0 Å². The number of hydrogen-bond donors (Lipinski definition) is 2. The minimum Gasteiger partial charge on any atom is -0.493 e. The molecule has 0 saturated carbocycles. The van der Waals surface area contributed by atoms with Gasteiger partial charge in [0.15, 0.2) is 23.0 Å². The molecule has 4 amide bonds. The number of nitrogens with zero attached hydrogens (tertiary/aromatic N) is 4. The van der Waals surface area contributed by atoms with Crippen molar-refractivity contribution in [3.63, 3.8) is 0 Å². The number of benzene rings is 2. The van der Waals surface area contributed by atoms with Crippen molar-refractivity contribution in [2.45, 2.75) is 59.0 Å². The van der Waals surface area contributed by atoms with E-state index in [1.54, 1.807) is 59.6 Å². The number of nitrogens with two attached hydrogens (primary N) is 1. The number of hydrogen-bond acceptors (Lipinski definition) is 10. The highest BCUT2D eigenvalue weighted by Crippen LogP contribution is 2.40. The monoisotopic (exact) mass is 778 g/mol. The Morgan fingerprint density at radius 1 is 0.825 bits per heavy atom. The van der Waals surface area contributed by atoms with Crippen LogP contribution < -0.4 is 30.0 Å². The smallest absolute Gasteiger partial charge is 0.260 e. The molecule has 0 fully saturated rings. The van der Waals surface area contributed by atoms with Crippen LogP contribution in [-0.2, 0) is 9.59 Å². The van der Waals surface area contributed by atoms with Gasteiger partial charge in [-0.15, -0.1) is 0 Å². The maximum absolute atomic E-state index is 13.7. The second-order valence-electron chi connectivity index (χ2n) is 14.6. The van der Waals surface area contributed by atoms with E-state index in [-0.39, 0.29) is 48.9 Å². The molecule has 1 unspecified atom stereocenters. The Kier molecular flexibility index (Phi) is 12.6. The minimum absolute atomic E-state index is 0.0541. The summed E-state index contributed by atoms with van der Waals surface area (Å²) >= 11 is 0. The molecule has 14 nitrogen and oxygen atoms in total. The van der Waals surface area contributed by atoms with Crippen molar-refractivity contribution in [3.05, 3.63) is 83.2 Å². The normalized spacial score (nSPS) is 19.4. The lowest BCUT2D eigenvalue weighted by molar-refractivity contribution is -0.134. The maximum Gasteiger partial charge on any atom is 0.260 e. The topological polar surface area (TPSA) is 174 Å². The average Bonchev–Trinajstić information content (AvgIpc) is 3.74. The zero-order valence-corrected chi connectivity index (χ0v) is 33.2. The van der Waals surface area contributed by atoms with E-state index in [0.29, 0.717) is 71.4 Å².